The number of hydrogen-bond acceptors (Lipinski definition) is 3. The van der Waals surface area contributed by atoms with E-state index in [4.69, 9.17) is 0 Å². The lowest BCUT2D eigenvalue weighted by atomic mass is 9.96. The van der Waals surface area contributed by atoms with E-state index in [9.17, 15) is 13.2 Å². The summed E-state index contributed by atoms with van der Waals surface area (Å²) >= 11 is 0. The molecule has 0 radical (unpaired) electrons. The number of ketones is 1. The Bertz CT molecular complexity index is 505. The van der Waals surface area contributed by atoms with Crippen LogP contribution in [0.25, 0.3) is 0 Å². The summed E-state index contributed by atoms with van der Waals surface area (Å²) in [4.78, 5) is 12.0. The Labute approximate surface area is 127 Å². The van der Waals surface area contributed by atoms with Gasteiger partial charge in [0, 0.05) is 37.5 Å². The second-order valence-corrected chi connectivity index (χ2v) is 8.58. The van der Waals surface area contributed by atoms with Gasteiger partial charge in [-0.25, -0.2) is 0 Å². The number of hydrogen-bond donors (Lipinski definition) is 0. The molecule has 0 aromatic carbocycles. The van der Waals surface area contributed by atoms with Crippen molar-refractivity contribution in [2.24, 2.45) is 5.92 Å². The topological polar surface area (TPSA) is 57.7 Å². The molecule has 3 fully saturated rings. The van der Waals surface area contributed by atoms with Gasteiger partial charge in [-0.2, -0.15) is 17.0 Å². The van der Waals surface area contributed by atoms with E-state index < -0.39 is 10.2 Å². The molecule has 3 unspecified atom stereocenters. The Hall–Kier alpha value is -0.460. The molecule has 0 aromatic rings. The smallest absolute Gasteiger partial charge is 0.282 e. The van der Waals surface area contributed by atoms with Crippen LogP contribution in [0.3, 0.4) is 0 Å². The van der Waals surface area contributed by atoms with Gasteiger partial charge < -0.3 is 0 Å². The van der Waals surface area contributed by atoms with Crippen LogP contribution in [0.5, 0.6) is 0 Å². The SMILES string of the molecule is CC1CCCCN1S(=O)(=O)N1CCCC1C1CCCC1=O. The van der Waals surface area contributed by atoms with Crippen molar-refractivity contribution in [1.29, 1.82) is 0 Å². The number of Topliss-reactive ketones (excluding diaryl/α,β-unsaturated/α-hetero) is 1. The van der Waals surface area contributed by atoms with Gasteiger partial charge in [-0.3, -0.25) is 4.79 Å². The van der Waals surface area contributed by atoms with Crippen LogP contribution in [-0.4, -0.2) is 48.0 Å². The molecule has 0 bridgehead atoms. The summed E-state index contributed by atoms with van der Waals surface area (Å²) in [5.41, 5.74) is 0. The highest BCUT2D eigenvalue weighted by molar-refractivity contribution is 7.86. The normalized spacial score (nSPS) is 36.4. The largest absolute Gasteiger partial charge is 0.299 e. The number of rotatable bonds is 3. The van der Waals surface area contributed by atoms with Crippen molar-refractivity contribution in [2.75, 3.05) is 13.1 Å². The second-order valence-electron chi connectivity index (χ2n) is 6.75. The second kappa shape index (κ2) is 5.97. The zero-order valence-electron chi connectivity index (χ0n) is 12.8. The van der Waals surface area contributed by atoms with Crippen molar-refractivity contribution in [3.05, 3.63) is 0 Å². The Kier molecular flexibility index (Phi) is 4.39. The van der Waals surface area contributed by atoms with Gasteiger partial charge in [-0.05, 0) is 45.4 Å². The van der Waals surface area contributed by atoms with E-state index in [1.165, 1.54) is 0 Å². The molecule has 2 aliphatic heterocycles. The highest BCUT2D eigenvalue weighted by Crippen LogP contribution is 2.36. The van der Waals surface area contributed by atoms with Crippen molar-refractivity contribution in [3.8, 4) is 0 Å². The molecule has 2 saturated heterocycles. The zero-order chi connectivity index (χ0) is 15.0. The van der Waals surface area contributed by atoms with Crippen LogP contribution in [-0.2, 0) is 15.0 Å². The Morgan fingerprint density at radius 1 is 0.952 bits per heavy atom. The van der Waals surface area contributed by atoms with Crippen LogP contribution in [0.1, 0.15) is 58.3 Å². The molecule has 1 aliphatic carbocycles. The van der Waals surface area contributed by atoms with Crippen molar-refractivity contribution < 1.29 is 13.2 Å². The van der Waals surface area contributed by atoms with E-state index in [1.54, 1.807) is 8.61 Å². The third-order valence-electron chi connectivity index (χ3n) is 5.40. The lowest BCUT2D eigenvalue weighted by Crippen LogP contribution is -2.52. The first kappa shape index (κ1) is 15.4. The number of piperidine rings is 1. The van der Waals surface area contributed by atoms with E-state index in [0.717, 1.165) is 44.9 Å². The van der Waals surface area contributed by atoms with E-state index in [0.29, 0.717) is 19.5 Å². The van der Waals surface area contributed by atoms with Gasteiger partial charge in [0.05, 0.1) is 0 Å². The fraction of sp³-hybridized carbons (Fsp3) is 0.933. The maximum Gasteiger partial charge on any atom is 0.282 e. The van der Waals surface area contributed by atoms with Crippen LogP contribution in [0, 0.1) is 5.92 Å². The van der Waals surface area contributed by atoms with Crippen molar-refractivity contribution >= 4 is 16.0 Å². The molecule has 6 heteroatoms. The molecule has 1 saturated carbocycles. The first-order chi connectivity index (χ1) is 10.0. The third kappa shape index (κ3) is 2.78. The van der Waals surface area contributed by atoms with Crippen LogP contribution >= 0.6 is 0 Å². The lowest BCUT2D eigenvalue weighted by molar-refractivity contribution is -0.121. The summed E-state index contributed by atoms with van der Waals surface area (Å²) < 4.78 is 29.4. The summed E-state index contributed by atoms with van der Waals surface area (Å²) in [6.45, 7) is 3.22. The summed E-state index contributed by atoms with van der Waals surface area (Å²) in [6, 6.07) is 0.00315. The standard InChI is InChI=1S/C15H26N2O3S/c1-12-6-2-3-10-16(12)21(19,20)17-11-5-8-14(17)13-7-4-9-15(13)18/h12-14H,2-11H2,1H3. The molecule has 120 valence electrons. The van der Waals surface area contributed by atoms with Crippen molar-refractivity contribution in [3.63, 3.8) is 0 Å². The Morgan fingerprint density at radius 3 is 2.38 bits per heavy atom. The summed E-state index contributed by atoms with van der Waals surface area (Å²) in [7, 11) is -3.41. The maximum atomic E-state index is 13.0. The molecule has 21 heavy (non-hydrogen) atoms. The van der Waals surface area contributed by atoms with Crippen LogP contribution < -0.4 is 0 Å². The molecule has 3 rings (SSSR count). The Morgan fingerprint density at radius 2 is 1.71 bits per heavy atom. The van der Waals surface area contributed by atoms with Crippen LogP contribution in [0.2, 0.25) is 0 Å². The summed E-state index contributed by atoms with van der Waals surface area (Å²) in [5, 5.41) is 0. The predicted molar refractivity (Wildman–Crippen MR) is 81.0 cm³/mol. The molecular weight excluding hydrogens is 288 g/mol. The van der Waals surface area contributed by atoms with E-state index >= 15 is 0 Å². The number of nitrogens with zero attached hydrogens (tertiary/aromatic N) is 2. The first-order valence-electron chi connectivity index (χ1n) is 8.33. The Balaban J connectivity index is 1.81. The molecule has 0 N–H and O–H groups in total. The van der Waals surface area contributed by atoms with Gasteiger partial charge in [0.25, 0.3) is 10.2 Å². The van der Waals surface area contributed by atoms with Crippen molar-refractivity contribution in [1.82, 2.24) is 8.61 Å². The van der Waals surface area contributed by atoms with Gasteiger partial charge in [0.1, 0.15) is 5.78 Å². The predicted octanol–water partition coefficient (Wildman–Crippen LogP) is 1.94. The molecule has 0 aromatic heterocycles. The van der Waals surface area contributed by atoms with Crippen molar-refractivity contribution in [2.45, 2.75) is 70.4 Å². The molecule has 5 nitrogen and oxygen atoms in total. The monoisotopic (exact) mass is 314 g/mol. The van der Waals surface area contributed by atoms with Gasteiger partial charge in [-0.1, -0.05) is 6.42 Å². The minimum Gasteiger partial charge on any atom is -0.299 e. The van der Waals surface area contributed by atoms with Crippen LogP contribution in [0.15, 0.2) is 0 Å². The highest BCUT2D eigenvalue weighted by Gasteiger charge is 2.45. The average Bonchev–Trinajstić information content (AvgIpc) is 3.07. The van der Waals surface area contributed by atoms with Gasteiger partial charge in [0.15, 0.2) is 0 Å². The average molecular weight is 314 g/mol. The summed E-state index contributed by atoms with van der Waals surface area (Å²) in [6.07, 6.45) is 7.16. The van der Waals surface area contributed by atoms with Gasteiger partial charge in [0.2, 0.25) is 0 Å². The molecular formula is C15H26N2O3S. The van der Waals surface area contributed by atoms with Gasteiger partial charge >= 0.3 is 0 Å². The maximum absolute atomic E-state index is 13.0. The quantitative estimate of drug-likeness (QED) is 0.800. The third-order valence-corrected chi connectivity index (χ3v) is 7.58. The molecule has 3 atom stereocenters. The number of carbonyl (C=O) groups is 1. The number of carbonyl (C=O) groups excluding carboxylic acids is 1. The highest BCUT2D eigenvalue weighted by atomic mass is 32.2. The molecule has 0 spiro atoms. The van der Waals surface area contributed by atoms with Gasteiger partial charge in [-0.15, -0.1) is 0 Å². The first-order valence-corrected chi connectivity index (χ1v) is 9.73. The fourth-order valence-electron chi connectivity index (χ4n) is 4.25. The molecule has 0 amide bonds. The molecule has 3 aliphatic rings. The fourth-order valence-corrected chi connectivity index (χ4v) is 6.40. The van der Waals surface area contributed by atoms with Crippen LogP contribution in [0.4, 0.5) is 0 Å². The minimum atomic E-state index is -3.41. The van der Waals surface area contributed by atoms with E-state index in [1.807, 2.05) is 6.92 Å². The summed E-state index contributed by atoms with van der Waals surface area (Å²) in [5.74, 6) is 0.219. The lowest BCUT2D eigenvalue weighted by Gasteiger charge is -2.38. The van der Waals surface area contributed by atoms with E-state index in [2.05, 4.69) is 0 Å². The van der Waals surface area contributed by atoms with E-state index in [-0.39, 0.29) is 23.8 Å². The zero-order valence-corrected chi connectivity index (χ0v) is 13.6. The minimum absolute atomic E-state index is 0.0534. The molecule has 2 heterocycles.